The van der Waals surface area contributed by atoms with E-state index >= 15 is 0 Å². The fourth-order valence-corrected chi connectivity index (χ4v) is 3.83. The molecule has 7 heteroatoms. The molecule has 3 rings (SSSR count). The summed E-state index contributed by atoms with van der Waals surface area (Å²) in [6.07, 6.45) is 2.22. The van der Waals surface area contributed by atoms with Crippen molar-refractivity contribution in [2.45, 2.75) is 32.3 Å². The van der Waals surface area contributed by atoms with E-state index in [1.54, 1.807) is 14.2 Å². The van der Waals surface area contributed by atoms with Gasteiger partial charge in [0.1, 0.15) is 5.82 Å². The molecule has 2 aromatic carbocycles. The highest BCUT2D eigenvalue weighted by Gasteiger charge is 2.28. The van der Waals surface area contributed by atoms with Gasteiger partial charge in [0.05, 0.1) is 20.3 Å². The number of carbonyl (C=O) groups is 1. The average molecular weight is 434 g/mol. The second kappa shape index (κ2) is 12.3. The minimum Gasteiger partial charge on any atom is -0.493 e. The Morgan fingerprint density at radius 2 is 1.74 bits per heavy atom. The second-order valence-corrected chi connectivity index (χ2v) is 7.60. The predicted molar refractivity (Wildman–Crippen MR) is 117 cm³/mol. The molecule has 0 radical (unpaired) electrons. The Balaban J connectivity index is 0.000000785. The number of aliphatic carboxylic acids is 1. The van der Waals surface area contributed by atoms with Crippen LogP contribution in [0.4, 0.5) is 4.39 Å². The van der Waals surface area contributed by atoms with Gasteiger partial charge in [0.2, 0.25) is 0 Å². The van der Waals surface area contributed by atoms with Crippen LogP contribution in [0.15, 0.2) is 42.5 Å². The van der Waals surface area contributed by atoms with Gasteiger partial charge in [-0.2, -0.15) is 0 Å². The molecule has 1 saturated heterocycles. The summed E-state index contributed by atoms with van der Waals surface area (Å²) in [5.41, 5.74) is 1.95. The van der Waals surface area contributed by atoms with Crippen LogP contribution in [0, 0.1) is 11.7 Å². The first kappa shape index (κ1) is 24.6. The highest BCUT2D eigenvalue weighted by Crippen LogP contribution is 2.39. The van der Waals surface area contributed by atoms with Gasteiger partial charge in [-0.3, -0.25) is 4.79 Å². The summed E-state index contributed by atoms with van der Waals surface area (Å²) >= 11 is 0. The number of piperidine rings is 1. The lowest BCUT2D eigenvalue weighted by molar-refractivity contribution is -0.134. The Labute approximate surface area is 183 Å². The van der Waals surface area contributed by atoms with Crippen LogP contribution in [0.5, 0.6) is 11.5 Å². The number of ether oxygens (including phenoxy) is 2. The number of para-hydroxylation sites is 1. The standard InChI is InChI=1S/C22H28FNO3.C2H4O2/c1-26-20-5-3-4-19(22(20)27-2)21(25)17-11-14-24(15-12-17)13-10-16-6-8-18(23)9-7-16;1-2(3)4/h3-9,17,21,25H,10-15H2,1-2H3;1H3,(H,3,4). The van der Waals surface area contributed by atoms with Gasteiger partial charge in [0.15, 0.2) is 11.5 Å². The van der Waals surface area contributed by atoms with Gasteiger partial charge in [-0.1, -0.05) is 24.3 Å². The molecular formula is C24H32FNO5. The van der Waals surface area contributed by atoms with Crippen molar-refractivity contribution in [1.82, 2.24) is 4.90 Å². The summed E-state index contributed by atoms with van der Waals surface area (Å²) in [6.45, 7) is 3.95. The smallest absolute Gasteiger partial charge is 0.300 e. The maximum absolute atomic E-state index is 13.0. The molecule has 0 bridgehead atoms. The quantitative estimate of drug-likeness (QED) is 0.689. The molecule has 31 heavy (non-hydrogen) atoms. The molecule has 1 aliphatic rings. The first-order valence-electron chi connectivity index (χ1n) is 10.4. The Morgan fingerprint density at radius 3 is 2.29 bits per heavy atom. The van der Waals surface area contributed by atoms with Crippen molar-refractivity contribution in [2.24, 2.45) is 5.92 Å². The van der Waals surface area contributed by atoms with Crippen LogP contribution in [0.3, 0.4) is 0 Å². The van der Waals surface area contributed by atoms with Crippen LogP contribution in [0.2, 0.25) is 0 Å². The zero-order valence-electron chi connectivity index (χ0n) is 18.4. The maximum atomic E-state index is 13.0. The van der Waals surface area contributed by atoms with Gasteiger partial charge < -0.3 is 24.6 Å². The number of carboxylic acid groups (broad SMARTS) is 1. The summed E-state index contributed by atoms with van der Waals surface area (Å²) in [7, 11) is 3.21. The summed E-state index contributed by atoms with van der Waals surface area (Å²) in [4.78, 5) is 11.4. The maximum Gasteiger partial charge on any atom is 0.300 e. The number of halogens is 1. The van der Waals surface area contributed by atoms with Crippen LogP contribution in [0.1, 0.15) is 37.0 Å². The third-order valence-corrected chi connectivity index (χ3v) is 5.46. The van der Waals surface area contributed by atoms with Gasteiger partial charge in [-0.25, -0.2) is 4.39 Å². The Kier molecular flexibility index (Phi) is 9.75. The Bertz CT molecular complexity index is 815. The number of nitrogens with zero attached hydrogens (tertiary/aromatic N) is 1. The molecule has 0 saturated carbocycles. The van der Waals surface area contributed by atoms with E-state index in [-0.39, 0.29) is 11.7 Å². The highest BCUT2D eigenvalue weighted by atomic mass is 19.1. The van der Waals surface area contributed by atoms with E-state index < -0.39 is 12.1 Å². The third-order valence-electron chi connectivity index (χ3n) is 5.46. The summed E-state index contributed by atoms with van der Waals surface area (Å²) < 4.78 is 23.8. The van der Waals surface area contributed by atoms with E-state index in [1.807, 2.05) is 30.3 Å². The lowest BCUT2D eigenvalue weighted by atomic mass is 9.87. The van der Waals surface area contributed by atoms with Gasteiger partial charge in [-0.15, -0.1) is 0 Å². The normalized spacial score (nSPS) is 15.5. The van der Waals surface area contributed by atoms with E-state index in [4.69, 9.17) is 19.4 Å². The molecule has 2 N–H and O–H groups in total. The molecular weight excluding hydrogens is 401 g/mol. The molecule has 170 valence electrons. The van der Waals surface area contributed by atoms with E-state index in [0.717, 1.165) is 56.9 Å². The number of aliphatic hydroxyl groups excluding tert-OH is 1. The fourth-order valence-electron chi connectivity index (χ4n) is 3.83. The molecule has 1 atom stereocenters. The molecule has 1 aliphatic heterocycles. The average Bonchev–Trinajstić information content (AvgIpc) is 2.77. The zero-order valence-corrected chi connectivity index (χ0v) is 18.4. The van der Waals surface area contributed by atoms with Crippen LogP contribution in [-0.4, -0.2) is 54.9 Å². The van der Waals surface area contributed by atoms with Crippen LogP contribution in [-0.2, 0) is 11.2 Å². The minimum atomic E-state index is -0.833. The number of hydrogen-bond acceptors (Lipinski definition) is 5. The van der Waals surface area contributed by atoms with Crippen molar-refractivity contribution >= 4 is 5.97 Å². The predicted octanol–water partition coefficient (Wildman–Crippen LogP) is 3.92. The molecule has 6 nitrogen and oxygen atoms in total. The second-order valence-electron chi connectivity index (χ2n) is 7.60. The summed E-state index contributed by atoms with van der Waals surface area (Å²) in [5.74, 6) is 0.437. The molecule has 0 amide bonds. The van der Waals surface area contributed by atoms with E-state index in [9.17, 15) is 9.50 Å². The Morgan fingerprint density at radius 1 is 1.13 bits per heavy atom. The van der Waals surface area contributed by atoms with E-state index in [0.29, 0.717) is 11.5 Å². The fraction of sp³-hybridized carbons (Fsp3) is 0.458. The van der Waals surface area contributed by atoms with Crippen molar-refractivity contribution in [3.05, 3.63) is 59.4 Å². The van der Waals surface area contributed by atoms with Gasteiger partial charge in [-0.05, 0) is 62.0 Å². The number of methoxy groups -OCH3 is 2. The van der Waals surface area contributed by atoms with Crippen molar-refractivity contribution in [3.8, 4) is 11.5 Å². The molecule has 0 spiro atoms. The number of carboxylic acids is 1. The molecule has 2 aromatic rings. The number of likely N-dealkylation sites (tertiary alicyclic amines) is 1. The summed E-state index contributed by atoms with van der Waals surface area (Å²) in [6, 6.07) is 12.4. The molecule has 0 aromatic heterocycles. The van der Waals surface area contributed by atoms with Gasteiger partial charge in [0, 0.05) is 19.0 Å². The minimum absolute atomic E-state index is 0.193. The number of hydrogen-bond donors (Lipinski definition) is 2. The van der Waals surface area contributed by atoms with Gasteiger partial charge in [0.25, 0.3) is 5.97 Å². The summed E-state index contributed by atoms with van der Waals surface area (Å²) in [5, 5.41) is 18.3. The van der Waals surface area contributed by atoms with E-state index in [2.05, 4.69) is 4.90 Å². The molecule has 0 aliphatic carbocycles. The Hall–Kier alpha value is -2.64. The molecule has 1 unspecified atom stereocenters. The van der Waals surface area contributed by atoms with Gasteiger partial charge >= 0.3 is 0 Å². The van der Waals surface area contributed by atoms with Crippen molar-refractivity contribution < 1.29 is 28.9 Å². The van der Waals surface area contributed by atoms with Crippen LogP contribution in [0.25, 0.3) is 0 Å². The SMILES string of the molecule is CC(=O)O.COc1cccc(C(O)C2CCN(CCc3ccc(F)cc3)CC2)c1OC. The zero-order chi connectivity index (χ0) is 22.8. The molecule has 1 heterocycles. The van der Waals surface area contributed by atoms with Crippen molar-refractivity contribution in [1.29, 1.82) is 0 Å². The molecule has 1 fully saturated rings. The monoisotopic (exact) mass is 433 g/mol. The van der Waals surface area contributed by atoms with Crippen LogP contribution < -0.4 is 9.47 Å². The van der Waals surface area contributed by atoms with Crippen molar-refractivity contribution in [2.75, 3.05) is 33.9 Å². The lowest BCUT2D eigenvalue weighted by Crippen LogP contribution is -2.36. The van der Waals surface area contributed by atoms with E-state index in [1.165, 1.54) is 12.1 Å². The highest BCUT2D eigenvalue weighted by molar-refractivity contribution is 5.62. The third kappa shape index (κ3) is 7.52. The lowest BCUT2D eigenvalue weighted by Gasteiger charge is -2.34. The van der Waals surface area contributed by atoms with Crippen LogP contribution >= 0.6 is 0 Å². The number of benzene rings is 2. The first-order valence-corrected chi connectivity index (χ1v) is 10.4. The largest absolute Gasteiger partial charge is 0.493 e. The van der Waals surface area contributed by atoms with Crippen molar-refractivity contribution in [3.63, 3.8) is 0 Å². The first-order chi connectivity index (χ1) is 14.8. The number of aliphatic hydroxyl groups is 1. The topological polar surface area (TPSA) is 79.2 Å². The number of rotatable bonds is 7.